The molecule has 0 radical (unpaired) electrons. The van der Waals surface area contributed by atoms with Crippen LogP contribution in [-0.2, 0) is 0 Å². The van der Waals surface area contributed by atoms with E-state index in [1.807, 2.05) is 25.7 Å². The maximum atomic E-state index is 11.8. The van der Waals surface area contributed by atoms with Crippen LogP contribution in [0.3, 0.4) is 0 Å². The first-order valence-electron chi connectivity index (χ1n) is 9.76. The minimum absolute atomic E-state index is 0.107. The Morgan fingerprint density at radius 2 is 1.72 bits per heavy atom. The van der Waals surface area contributed by atoms with E-state index in [9.17, 15) is 10.1 Å². The topological polar surface area (TPSA) is 99.5 Å². The number of nitrogens with one attached hydrogen (secondary N) is 2. The van der Waals surface area contributed by atoms with E-state index in [0.29, 0.717) is 18.9 Å². The van der Waals surface area contributed by atoms with Crippen LogP contribution in [-0.4, -0.2) is 46.6 Å². The molecule has 1 aromatic heterocycles. The highest BCUT2D eigenvalue weighted by Gasteiger charge is 2.30. The highest BCUT2D eigenvalue weighted by Crippen LogP contribution is 2.33. The molecule has 1 aliphatic heterocycles. The molecule has 0 amide bonds. The second-order valence-corrected chi connectivity index (χ2v) is 8.34. The van der Waals surface area contributed by atoms with Gasteiger partial charge in [-0.05, 0) is 51.8 Å². The van der Waals surface area contributed by atoms with E-state index in [1.54, 1.807) is 0 Å². The molecule has 2 aromatic rings. The number of piperazine rings is 1. The van der Waals surface area contributed by atoms with Crippen LogP contribution >= 0.6 is 0 Å². The Kier molecular flexibility index (Phi) is 5.88. The Labute approximate surface area is 171 Å². The molecule has 9 nitrogen and oxygen atoms in total. The van der Waals surface area contributed by atoms with Crippen molar-refractivity contribution in [3.05, 3.63) is 45.8 Å². The van der Waals surface area contributed by atoms with Gasteiger partial charge in [-0.15, -0.1) is 0 Å². The normalized spacial score (nSPS) is 14.8. The highest BCUT2D eigenvalue weighted by atomic mass is 16.6. The summed E-state index contributed by atoms with van der Waals surface area (Å²) in [6.45, 7) is 13.0. The molecule has 9 heteroatoms. The molecule has 0 aliphatic carbocycles. The van der Waals surface area contributed by atoms with Crippen LogP contribution in [0.2, 0.25) is 0 Å². The van der Waals surface area contributed by atoms with Crippen LogP contribution in [0.4, 0.5) is 23.0 Å². The lowest BCUT2D eigenvalue weighted by molar-refractivity contribution is -0.383. The molecule has 0 atom stereocenters. The molecule has 0 bridgehead atoms. The summed E-state index contributed by atoms with van der Waals surface area (Å²) in [4.78, 5) is 24.0. The summed E-state index contributed by atoms with van der Waals surface area (Å²) in [5, 5.41) is 11.8. The van der Waals surface area contributed by atoms with Gasteiger partial charge in [0, 0.05) is 37.4 Å². The molecule has 1 aliphatic rings. The lowest BCUT2D eigenvalue weighted by atomic mass is 10.1. The third-order valence-corrected chi connectivity index (χ3v) is 5.04. The van der Waals surface area contributed by atoms with Gasteiger partial charge in [-0.3, -0.25) is 15.5 Å². The Morgan fingerprint density at radius 3 is 2.34 bits per heavy atom. The molecule has 156 valence electrons. The van der Waals surface area contributed by atoms with Crippen LogP contribution < -0.4 is 20.7 Å². The van der Waals surface area contributed by atoms with Crippen LogP contribution in [0.5, 0.6) is 0 Å². The Morgan fingerprint density at radius 1 is 1.07 bits per heavy atom. The number of hydrogen-bond donors (Lipinski definition) is 2. The average Bonchev–Trinajstić information content (AvgIpc) is 2.67. The summed E-state index contributed by atoms with van der Waals surface area (Å²) in [7, 11) is 0. The number of aromatic nitrogens is 2. The largest absolute Gasteiger partial charge is 0.368 e. The molecular formula is C20H29N7O2. The Hall–Kier alpha value is -2.94. The van der Waals surface area contributed by atoms with E-state index in [4.69, 9.17) is 0 Å². The lowest BCUT2D eigenvalue weighted by Gasteiger charge is -2.37. The molecule has 29 heavy (non-hydrogen) atoms. The fraction of sp³-hybridized carbons (Fsp3) is 0.500. The zero-order valence-electron chi connectivity index (χ0n) is 17.7. The van der Waals surface area contributed by atoms with Gasteiger partial charge in [-0.1, -0.05) is 12.1 Å². The monoisotopic (exact) mass is 399 g/mol. The molecular weight excluding hydrogens is 370 g/mol. The van der Waals surface area contributed by atoms with E-state index >= 15 is 0 Å². The van der Waals surface area contributed by atoms with Crippen LogP contribution in [0.1, 0.15) is 31.9 Å². The van der Waals surface area contributed by atoms with Gasteiger partial charge in [0.1, 0.15) is 6.33 Å². The Bertz CT molecular complexity index is 887. The fourth-order valence-electron chi connectivity index (χ4n) is 3.34. The quantitative estimate of drug-likeness (QED) is 0.585. The lowest BCUT2D eigenvalue weighted by Crippen LogP contribution is -2.47. The van der Waals surface area contributed by atoms with Crippen LogP contribution in [0.15, 0.2) is 24.5 Å². The van der Waals surface area contributed by atoms with E-state index in [2.05, 4.69) is 57.8 Å². The first kappa shape index (κ1) is 20.8. The average molecular weight is 399 g/mol. The smallest absolute Gasteiger partial charge is 0.354 e. The number of rotatable bonds is 5. The van der Waals surface area contributed by atoms with Crippen molar-refractivity contribution < 1.29 is 4.92 Å². The van der Waals surface area contributed by atoms with E-state index in [0.717, 1.165) is 13.1 Å². The van der Waals surface area contributed by atoms with Gasteiger partial charge in [0.2, 0.25) is 11.6 Å². The second-order valence-electron chi connectivity index (χ2n) is 8.34. The molecule has 0 spiro atoms. The van der Waals surface area contributed by atoms with Crippen molar-refractivity contribution in [1.82, 2.24) is 15.4 Å². The molecule has 1 aromatic carbocycles. The van der Waals surface area contributed by atoms with Gasteiger partial charge in [0.05, 0.1) is 4.92 Å². The first-order valence-corrected chi connectivity index (χ1v) is 9.76. The van der Waals surface area contributed by atoms with Crippen LogP contribution in [0, 0.1) is 24.0 Å². The summed E-state index contributed by atoms with van der Waals surface area (Å²) < 4.78 is 0. The maximum absolute atomic E-state index is 11.8. The maximum Gasteiger partial charge on any atom is 0.354 e. The Balaban J connectivity index is 1.79. The number of hydrazine groups is 1. The minimum Gasteiger partial charge on any atom is -0.368 e. The van der Waals surface area contributed by atoms with Crippen molar-refractivity contribution in [3.8, 4) is 0 Å². The molecule has 2 heterocycles. The number of nitrogens with zero attached hydrogens (tertiary/aromatic N) is 5. The molecule has 1 saturated heterocycles. The third kappa shape index (κ3) is 4.73. The number of aryl methyl sites for hydroxylation is 1. The van der Waals surface area contributed by atoms with Crippen molar-refractivity contribution in [1.29, 1.82) is 0 Å². The molecule has 1 fully saturated rings. The number of anilines is 3. The van der Waals surface area contributed by atoms with Crippen LogP contribution in [0.25, 0.3) is 0 Å². The van der Waals surface area contributed by atoms with E-state index in [-0.39, 0.29) is 17.0 Å². The van der Waals surface area contributed by atoms with Crippen molar-refractivity contribution in [2.45, 2.75) is 40.2 Å². The summed E-state index contributed by atoms with van der Waals surface area (Å²) in [5.74, 6) is 0.524. The standard InChI is InChI=1S/C20H29N7O2/c1-14-7-6-8-16(15(14)2)25-9-11-26(12-10-25)19-17(27(28)29)18(21-13-22-19)23-24-20(3,4)5/h6-8,13,24H,9-12H2,1-5H3,(H,21,22,23). The summed E-state index contributed by atoms with van der Waals surface area (Å²) in [5.41, 5.74) is 9.30. The second kappa shape index (κ2) is 8.20. The summed E-state index contributed by atoms with van der Waals surface area (Å²) in [6, 6.07) is 6.31. The molecule has 0 saturated carbocycles. The molecule has 3 rings (SSSR count). The van der Waals surface area contributed by atoms with Gasteiger partial charge in [-0.2, -0.15) is 0 Å². The fourth-order valence-corrected chi connectivity index (χ4v) is 3.34. The number of hydrogen-bond acceptors (Lipinski definition) is 8. The summed E-state index contributed by atoms with van der Waals surface area (Å²) >= 11 is 0. The van der Waals surface area contributed by atoms with Gasteiger partial charge >= 0.3 is 5.69 Å². The predicted octanol–water partition coefficient (Wildman–Crippen LogP) is 3.04. The highest BCUT2D eigenvalue weighted by molar-refractivity contribution is 5.70. The van der Waals surface area contributed by atoms with Gasteiger partial charge in [0.15, 0.2) is 0 Å². The molecule has 0 unspecified atom stereocenters. The SMILES string of the molecule is Cc1cccc(N2CCN(c3ncnc(NNC(C)(C)C)c3[N+](=O)[O-])CC2)c1C. The number of nitro groups is 1. The first-order chi connectivity index (χ1) is 13.7. The van der Waals surface area contributed by atoms with E-state index < -0.39 is 4.92 Å². The van der Waals surface area contributed by atoms with Gasteiger partial charge < -0.3 is 9.80 Å². The number of benzene rings is 1. The van der Waals surface area contributed by atoms with Gasteiger partial charge in [0.25, 0.3) is 0 Å². The third-order valence-electron chi connectivity index (χ3n) is 5.04. The zero-order chi connectivity index (χ0) is 21.2. The summed E-state index contributed by atoms with van der Waals surface area (Å²) in [6.07, 6.45) is 1.37. The molecule has 2 N–H and O–H groups in total. The van der Waals surface area contributed by atoms with Crippen molar-refractivity contribution in [3.63, 3.8) is 0 Å². The predicted molar refractivity (Wildman–Crippen MR) is 116 cm³/mol. The zero-order valence-corrected chi connectivity index (χ0v) is 17.7. The van der Waals surface area contributed by atoms with Crippen molar-refractivity contribution in [2.24, 2.45) is 0 Å². The minimum atomic E-state index is -0.418. The van der Waals surface area contributed by atoms with E-state index in [1.165, 1.54) is 23.1 Å². The van der Waals surface area contributed by atoms with Crippen molar-refractivity contribution >= 4 is 23.0 Å². The van der Waals surface area contributed by atoms with Gasteiger partial charge in [-0.25, -0.2) is 15.4 Å². The van der Waals surface area contributed by atoms with Crippen molar-refractivity contribution in [2.75, 3.05) is 41.4 Å².